The summed E-state index contributed by atoms with van der Waals surface area (Å²) in [5, 5.41) is 14.0. The number of carbonyl (C=O) groups is 3. The van der Waals surface area contributed by atoms with Gasteiger partial charge in [0.1, 0.15) is 6.17 Å². The molecule has 0 amide bonds. The van der Waals surface area contributed by atoms with Crippen molar-refractivity contribution in [3.05, 3.63) is 53.1 Å². The van der Waals surface area contributed by atoms with Gasteiger partial charge in [0.2, 0.25) is 5.78 Å². The van der Waals surface area contributed by atoms with Crippen LogP contribution in [0.3, 0.4) is 0 Å². The van der Waals surface area contributed by atoms with Crippen LogP contribution in [0.15, 0.2) is 48.1 Å². The summed E-state index contributed by atoms with van der Waals surface area (Å²) in [4.78, 5) is 46.1. The highest BCUT2D eigenvalue weighted by Crippen LogP contribution is 2.72. The van der Waals surface area contributed by atoms with Crippen LogP contribution in [0.2, 0.25) is 5.02 Å². The van der Waals surface area contributed by atoms with Crippen LogP contribution in [0.1, 0.15) is 58.8 Å². The van der Waals surface area contributed by atoms with Gasteiger partial charge in [0.15, 0.2) is 23.7 Å². The SMILES string of the molecule is C[C@]12C=CC(=O)C=C1[C@@H](F)C[C@H]1[C@@H]3C[C@H]4CN(c5ccc(Cl)cc5)O[C@@]4(C(=O)COC(=O)C4CCCC4)[C@@]3(C)C[C@H](O)[C@@]12F. The lowest BCUT2D eigenvalue weighted by molar-refractivity contribution is -0.228. The molecule has 4 saturated carbocycles. The van der Waals surface area contributed by atoms with Gasteiger partial charge < -0.3 is 9.84 Å². The average molecular weight is 630 g/mol. The number of ketones is 2. The van der Waals surface area contributed by atoms with Gasteiger partial charge in [-0.05, 0) is 86.9 Å². The van der Waals surface area contributed by atoms with Crippen molar-refractivity contribution >= 4 is 34.8 Å². The number of ether oxygens (including phenoxy) is 1. The summed E-state index contributed by atoms with van der Waals surface area (Å²) in [5.74, 6) is -3.38. The van der Waals surface area contributed by atoms with Gasteiger partial charge in [0.05, 0.1) is 24.3 Å². The molecule has 9 atom stereocenters. The lowest BCUT2D eigenvalue weighted by atomic mass is 9.44. The Balaban J connectivity index is 1.27. The Morgan fingerprint density at radius 2 is 1.84 bits per heavy atom. The molecule has 0 spiro atoms. The van der Waals surface area contributed by atoms with Gasteiger partial charge in [-0.2, -0.15) is 0 Å². The van der Waals surface area contributed by atoms with E-state index < -0.39 is 76.3 Å². The van der Waals surface area contributed by atoms with Crippen molar-refractivity contribution < 1.29 is 37.8 Å². The van der Waals surface area contributed by atoms with Crippen LogP contribution in [0.5, 0.6) is 0 Å². The summed E-state index contributed by atoms with van der Waals surface area (Å²) in [7, 11) is 0. The van der Waals surface area contributed by atoms with Crippen LogP contribution in [0.25, 0.3) is 0 Å². The summed E-state index contributed by atoms with van der Waals surface area (Å²) in [5.41, 5.74) is -5.71. The van der Waals surface area contributed by atoms with Gasteiger partial charge in [-0.3, -0.25) is 24.3 Å². The third-order valence-corrected chi connectivity index (χ3v) is 12.4. The Bertz CT molecular complexity index is 1460. The number of hydrogen-bond acceptors (Lipinski definition) is 7. The maximum Gasteiger partial charge on any atom is 0.309 e. The van der Waals surface area contributed by atoms with E-state index in [1.54, 1.807) is 36.3 Å². The molecule has 1 heterocycles. The maximum absolute atomic E-state index is 17.7. The van der Waals surface area contributed by atoms with Gasteiger partial charge in [0, 0.05) is 27.7 Å². The maximum atomic E-state index is 17.7. The van der Waals surface area contributed by atoms with E-state index in [2.05, 4.69) is 0 Å². The van der Waals surface area contributed by atoms with E-state index in [1.807, 2.05) is 6.92 Å². The fourth-order valence-corrected chi connectivity index (χ4v) is 10.2. The Kier molecular flexibility index (Phi) is 6.96. The van der Waals surface area contributed by atoms with Crippen LogP contribution in [0, 0.1) is 34.5 Å². The summed E-state index contributed by atoms with van der Waals surface area (Å²) in [6.07, 6.45) is 4.03. The number of rotatable bonds is 5. The highest BCUT2D eigenvalue weighted by molar-refractivity contribution is 6.30. The number of fused-ring (bicyclic) bond motifs is 7. The van der Waals surface area contributed by atoms with Crippen molar-refractivity contribution in [3.63, 3.8) is 0 Å². The number of hydroxylamine groups is 1. The predicted octanol–water partition coefficient (Wildman–Crippen LogP) is 5.68. The number of allylic oxidation sites excluding steroid dienone is 4. The highest BCUT2D eigenvalue weighted by Gasteiger charge is 2.79. The molecule has 0 aromatic heterocycles. The summed E-state index contributed by atoms with van der Waals surface area (Å²) >= 11 is 6.12. The minimum Gasteiger partial charge on any atom is -0.457 e. The van der Waals surface area contributed by atoms with Gasteiger partial charge >= 0.3 is 5.97 Å². The first-order chi connectivity index (χ1) is 20.8. The number of aliphatic hydroxyl groups is 1. The molecule has 5 aliphatic carbocycles. The van der Waals surface area contributed by atoms with Crippen molar-refractivity contribution in [2.45, 2.75) is 82.3 Å². The van der Waals surface area contributed by atoms with Crippen molar-refractivity contribution in [2.24, 2.45) is 34.5 Å². The number of Topliss-reactive ketones (excluding diaryl/α,β-unsaturated/α-hetero) is 1. The summed E-state index contributed by atoms with van der Waals surface area (Å²) in [6.45, 7) is 3.20. The molecule has 0 unspecified atom stereocenters. The van der Waals surface area contributed by atoms with Crippen LogP contribution in [0.4, 0.5) is 14.5 Å². The average Bonchev–Trinajstić information content (AvgIpc) is 3.71. The molecule has 7 nitrogen and oxygen atoms in total. The monoisotopic (exact) mass is 629 g/mol. The zero-order chi connectivity index (χ0) is 31.2. The number of nitrogens with zero attached hydrogens (tertiary/aromatic N) is 1. The minimum atomic E-state index is -2.27. The number of carbonyl (C=O) groups excluding carboxylic acids is 3. The van der Waals surface area contributed by atoms with E-state index in [0.717, 1.165) is 25.7 Å². The molecule has 1 aliphatic heterocycles. The van der Waals surface area contributed by atoms with Crippen molar-refractivity contribution in [2.75, 3.05) is 18.2 Å². The quantitative estimate of drug-likeness (QED) is 0.419. The number of esters is 1. The van der Waals surface area contributed by atoms with Gasteiger partial charge in [-0.1, -0.05) is 37.4 Å². The molecule has 1 N–H and O–H groups in total. The molecule has 0 radical (unpaired) electrons. The highest BCUT2D eigenvalue weighted by atomic mass is 35.5. The molecule has 7 rings (SSSR count). The first-order valence-electron chi connectivity index (χ1n) is 15.7. The van der Waals surface area contributed by atoms with Gasteiger partial charge in [0.25, 0.3) is 0 Å². The largest absolute Gasteiger partial charge is 0.457 e. The first kappa shape index (κ1) is 30.1. The molecule has 236 valence electrons. The van der Waals surface area contributed by atoms with Crippen LogP contribution < -0.4 is 5.06 Å². The van der Waals surface area contributed by atoms with E-state index in [9.17, 15) is 19.5 Å². The fraction of sp³-hybridized carbons (Fsp3) is 0.618. The molecule has 1 aromatic carbocycles. The summed E-state index contributed by atoms with van der Waals surface area (Å²) in [6, 6.07) is 7.00. The molecule has 1 aromatic rings. The minimum absolute atomic E-state index is 0.0550. The number of aliphatic hydroxyl groups excluding tert-OH is 1. The lowest BCUT2D eigenvalue weighted by Gasteiger charge is -2.63. The van der Waals surface area contributed by atoms with E-state index in [1.165, 1.54) is 18.2 Å². The number of halogens is 3. The van der Waals surface area contributed by atoms with E-state index >= 15 is 8.78 Å². The number of hydrogen-bond donors (Lipinski definition) is 1. The number of anilines is 1. The molecule has 1 saturated heterocycles. The second kappa shape index (κ2) is 10.2. The molecular formula is C34H38ClF2NO6. The summed E-state index contributed by atoms with van der Waals surface area (Å²) < 4.78 is 39.2. The molecule has 0 bridgehead atoms. The van der Waals surface area contributed by atoms with E-state index in [0.29, 0.717) is 23.7 Å². The Morgan fingerprint density at radius 1 is 1.14 bits per heavy atom. The second-order valence-electron chi connectivity index (χ2n) is 14.2. The standard InChI is InChI=1S/C34H38ClF2NO6/c1-31-12-11-23(39)14-26(31)27(36)15-25-24-13-20-17-38(22-9-7-21(35)8-10-22)44-34(20,32(24,2)16-28(40)33(25,31)37)29(41)18-43-30(42)19-5-3-4-6-19/h7-12,14,19-20,24-25,27-28,40H,3-6,13,15-18H2,1-2H3/t20-,24-,25-,27-,28-,31-,32-,33-,34-/m0/s1. The molecule has 44 heavy (non-hydrogen) atoms. The van der Waals surface area contributed by atoms with Crippen LogP contribution >= 0.6 is 11.6 Å². The Morgan fingerprint density at radius 3 is 2.55 bits per heavy atom. The number of benzene rings is 1. The van der Waals surface area contributed by atoms with Crippen LogP contribution in [-0.2, 0) is 24.0 Å². The molecule has 6 aliphatic rings. The first-order valence-corrected chi connectivity index (χ1v) is 16.1. The predicted molar refractivity (Wildman–Crippen MR) is 158 cm³/mol. The topological polar surface area (TPSA) is 93.1 Å². The van der Waals surface area contributed by atoms with E-state index in [-0.39, 0.29) is 24.3 Å². The Labute approximate surface area is 260 Å². The third-order valence-electron chi connectivity index (χ3n) is 12.2. The van der Waals surface area contributed by atoms with Crippen LogP contribution in [-0.4, -0.2) is 59.3 Å². The molecule has 5 fully saturated rings. The van der Waals surface area contributed by atoms with Crippen molar-refractivity contribution in [1.82, 2.24) is 0 Å². The molecule has 10 heteroatoms. The van der Waals surface area contributed by atoms with Crippen molar-refractivity contribution in [3.8, 4) is 0 Å². The smallest absolute Gasteiger partial charge is 0.309 e. The molecular weight excluding hydrogens is 592 g/mol. The third kappa shape index (κ3) is 3.94. The second-order valence-corrected chi connectivity index (χ2v) is 14.6. The Hall–Kier alpha value is -2.62. The van der Waals surface area contributed by atoms with Gasteiger partial charge in [-0.25, -0.2) is 8.78 Å². The lowest BCUT2D eigenvalue weighted by Crippen LogP contribution is -2.70. The van der Waals surface area contributed by atoms with E-state index in [4.69, 9.17) is 21.2 Å². The fourth-order valence-electron chi connectivity index (χ4n) is 10.0. The zero-order valence-corrected chi connectivity index (χ0v) is 25.7. The van der Waals surface area contributed by atoms with Crippen molar-refractivity contribution in [1.29, 1.82) is 0 Å². The van der Waals surface area contributed by atoms with Gasteiger partial charge in [-0.15, -0.1) is 0 Å². The zero-order valence-electron chi connectivity index (χ0n) is 24.9. The normalized spacial score (nSPS) is 42.8. The number of alkyl halides is 2.